The average molecular weight is 223 g/mol. The molecule has 0 radical (unpaired) electrons. The third-order valence-corrected chi connectivity index (χ3v) is 2.40. The number of aryl methyl sites for hydroxylation is 1. The Morgan fingerprint density at radius 2 is 2.19 bits per heavy atom. The van der Waals surface area contributed by atoms with Crippen molar-refractivity contribution in [3.8, 4) is 0 Å². The van der Waals surface area contributed by atoms with Gasteiger partial charge in [-0.1, -0.05) is 24.3 Å². The summed E-state index contributed by atoms with van der Waals surface area (Å²) in [7, 11) is 1.59. The van der Waals surface area contributed by atoms with Crippen LogP contribution in [-0.4, -0.2) is 31.3 Å². The smallest absolute Gasteiger partial charge is 0.325 e. The molecule has 16 heavy (non-hydrogen) atoms. The fourth-order valence-electron chi connectivity index (χ4n) is 1.55. The molecule has 0 amide bonds. The molecular weight excluding hydrogens is 206 g/mol. The van der Waals surface area contributed by atoms with E-state index in [2.05, 4.69) is 5.32 Å². The monoisotopic (exact) mass is 223 g/mol. The first-order chi connectivity index (χ1) is 7.66. The molecule has 0 aliphatic heterocycles. The zero-order valence-electron chi connectivity index (χ0n) is 9.56. The number of hydrogen-bond acceptors (Lipinski definition) is 3. The fourth-order valence-corrected chi connectivity index (χ4v) is 1.55. The first kappa shape index (κ1) is 12.7. The Balaban J connectivity index is 2.78. The Hall–Kier alpha value is -1.39. The largest absolute Gasteiger partial charge is 0.480 e. The van der Waals surface area contributed by atoms with Gasteiger partial charge in [0.25, 0.3) is 0 Å². The minimum atomic E-state index is -0.870. The van der Waals surface area contributed by atoms with E-state index in [1.165, 1.54) is 0 Å². The number of carboxylic acids is 1. The molecule has 0 aromatic heterocycles. The van der Waals surface area contributed by atoms with E-state index in [0.29, 0.717) is 13.2 Å². The second-order valence-electron chi connectivity index (χ2n) is 3.57. The van der Waals surface area contributed by atoms with Crippen LogP contribution in [0.25, 0.3) is 0 Å². The Morgan fingerprint density at radius 1 is 1.50 bits per heavy atom. The number of carbonyl (C=O) groups is 1. The third-order valence-electron chi connectivity index (χ3n) is 2.40. The molecule has 0 aliphatic rings. The van der Waals surface area contributed by atoms with Gasteiger partial charge in [0.15, 0.2) is 0 Å². The zero-order chi connectivity index (χ0) is 12.0. The topological polar surface area (TPSA) is 58.6 Å². The molecule has 0 saturated heterocycles. The van der Waals surface area contributed by atoms with E-state index in [1.807, 2.05) is 31.2 Å². The van der Waals surface area contributed by atoms with Gasteiger partial charge in [-0.15, -0.1) is 0 Å². The highest BCUT2D eigenvalue weighted by Crippen LogP contribution is 2.17. The van der Waals surface area contributed by atoms with Crippen molar-refractivity contribution in [2.45, 2.75) is 13.0 Å². The van der Waals surface area contributed by atoms with Crippen molar-refractivity contribution in [1.29, 1.82) is 0 Å². The zero-order valence-corrected chi connectivity index (χ0v) is 9.56. The quantitative estimate of drug-likeness (QED) is 0.715. The van der Waals surface area contributed by atoms with Crippen molar-refractivity contribution in [2.75, 3.05) is 20.3 Å². The first-order valence-corrected chi connectivity index (χ1v) is 5.17. The van der Waals surface area contributed by atoms with E-state index in [9.17, 15) is 4.79 Å². The van der Waals surface area contributed by atoms with Gasteiger partial charge < -0.3 is 9.84 Å². The molecule has 0 fully saturated rings. The van der Waals surface area contributed by atoms with Gasteiger partial charge in [-0.25, -0.2) is 0 Å². The molecule has 1 rings (SSSR count). The van der Waals surface area contributed by atoms with Crippen LogP contribution in [-0.2, 0) is 9.53 Å². The SMILES string of the molecule is COCCNC(C(=O)O)c1ccccc1C. The van der Waals surface area contributed by atoms with Crippen molar-refractivity contribution < 1.29 is 14.6 Å². The van der Waals surface area contributed by atoms with E-state index in [1.54, 1.807) is 7.11 Å². The third kappa shape index (κ3) is 3.32. The van der Waals surface area contributed by atoms with Crippen LogP contribution in [0.1, 0.15) is 17.2 Å². The van der Waals surface area contributed by atoms with Gasteiger partial charge in [0.05, 0.1) is 6.61 Å². The van der Waals surface area contributed by atoms with Gasteiger partial charge >= 0.3 is 5.97 Å². The van der Waals surface area contributed by atoms with Gasteiger partial charge in [0, 0.05) is 13.7 Å². The van der Waals surface area contributed by atoms with Crippen LogP contribution in [0.4, 0.5) is 0 Å². The Labute approximate surface area is 95.2 Å². The Bertz CT molecular complexity index is 352. The summed E-state index contributed by atoms with van der Waals surface area (Å²) in [4.78, 5) is 11.1. The van der Waals surface area contributed by atoms with E-state index in [4.69, 9.17) is 9.84 Å². The molecule has 1 aromatic carbocycles. The van der Waals surface area contributed by atoms with E-state index >= 15 is 0 Å². The summed E-state index contributed by atoms with van der Waals surface area (Å²) in [5.74, 6) is -0.870. The van der Waals surface area contributed by atoms with Gasteiger partial charge in [-0.2, -0.15) is 0 Å². The van der Waals surface area contributed by atoms with Crippen LogP contribution in [0.15, 0.2) is 24.3 Å². The molecule has 0 heterocycles. The fraction of sp³-hybridized carbons (Fsp3) is 0.417. The maximum absolute atomic E-state index is 11.1. The highest BCUT2D eigenvalue weighted by atomic mass is 16.5. The maximum atomic E-state index is 11.1. The number of carboxylic acid groups (broad SMARTS) is 1. The normalized spacial score (nSPS) is 12.4. The summed E-state index contributed by atoms with van der Waals surface area (Å²) in [5.41, 5.74) is 1.77. The summed E-state index contributed by atoms with van der Waals surface area (Å²) in [5, 5.41) is 12.1. The summed E-state index contributed by atoms with van der Waals surface area (Å²) in [6.07, 6.45) is 0. The van der Waals surface area contributed by atoms with Crippen LogP contribution in [0.2, 0.25) is 0 Å². The van der Waals surface area contributed by atoms with Crippen molar-refractivity contribution in [3.63, 3.8) is 0 Å². The average Bonchev–Trinajstić information content (AvgIpc) is 2.25. The number of hydrogen-bond donors (Lipinski definition) is 2. The van der Waals surface area contributed by atoms with E-state index in [0.717, 1.165) is 11.1 Å². The lowest BCUT2D eigenvalue weighted by molar-refractivity contribution is -0.139. The summed E-state index contributed by atoms with van der Waals surface area (Å²) in [6, 6.07) is 6.80. The van der Waals surface area contributed by atoms with Crippen LogP contribution >= 0.6 is 0 Å². The van der Waals surface area contributed by atoms with E-state index < -0.39 is 12.0 Å². The van der Waals surface area contributed by atoms with Gasteiger partial charge in [-0.05, 0) is 18.1 Å². The highest BCUT2D eigenvalue weighted by molar-refractivity contribution is 5.76. The van der Waals surface area contributed by atoms with Gasteiger partial charge in [0.1, 0.15) is 6.04 Å². The van der Waals surface area contributed by atoms with Crippen molar-refractivity contribution in [1.82, 2.24) is 5.32 Å². The minimum Gasteiger partial charge on any atom is -0.480 e. The molecule has 2 N–H and O–H groups in total. The summed E-state index contributed by atoms with van der Waals surface area (Å²) in [6.45, 7) is 2.92. The van der Waals surface area contributed by atoms with Gasteiger partial charge in [-0.3, -0.25) is 10.1 Å². The van der Waals surface area contributed by atoms with Crippen molar-refractivity contribution in [2.24, 2.45) is 0 Å². The van der Waals surface area contributed by atoms with Crippen LogP contribution in [0.5, 0.6) is 0 Å². The minimum absolute atomic E-state index is 0.496. The molecule has 1 aromatic rings. The lowest BCUT2D eigenvalue weighted by Gasteiger charge is -2.16. The van der Waals surface area contributed by atoms with E-state index in [-0.39, 0.29) is 0 Å². The summed E-state index contributed by atoms with van der Waals surface area (Å²) < 4.78 is 4.88. The molecule has 88 valence electrons. The Morgan fingerprint density at radius 3 is 2.75 bits per heavy atom. The second kappa shape index (κ2) is 6.25. The van der Waals surface area contributed by atoms with Crippen LogP contribution in [0.3, 0.4) is 0 Å². The number of ether oxygens (including phenoxy) is 1. The lowest BCUT2D eigenvalue weighted by atomic mass is 10.0. The number of benzene rings is 1. The number of aliphatic carboxylic acids is 1. The molecule has 0 bridgehead atoms. The molecule has 1 unspecified atom stereocenters. The number of rotatable bonds is 6. The molecule has 0 saturated carbocycles. The molecular formula is C12H17NO3. The van der Waals surface area contributed by atoms with Crippen LogP contribution < -0.4 is 5.32 Å². The highest BCUT2D eigenvalue weighted by Gasteiger charge is 2.19. The van der Waals surface area contributed by atoms with Gasteiger partial charge in [0.2, 0.25) is 0 Å². The summed E-state index contributed by atoms with van der Waals surface area (Å²) >= 11 is 0. The molecule has 4 heteroatoms. The lowest BCUT2D eigenvalue weighted by Crippen LogP contribution is -2.31. The standard InChI is InChI=1S/C12H17NO3/c1-9-5-3-4-6-10(9)11(12(14)15)13-7-8-16-2/h3-6,11,13H,7-8H2,1-2H3,(H,14,15). The van der Waals surface area contributed by atoms with Crippen molar-refractivity contribution in [3.05, 3.63) is 35.4 Å². The molecule has 1 atom stereocenters. The number of methoxy groups -OCH3 is 1. The predicted molar refractivity (Wildman–Crippen MR) is 61.4 cm³/mol. The van der Waals surface area contributed by atoms with Crippen molar-refractivity contribution >= 4 is 5.97 Å². The molecule has 4 nitrogen and oxygen atoms in total. The molecule has 0 aliphatic carbocycles. The number of nitrogens with one attached hydrogen (secondary N) is 1. The second-order valence-corrected chi connectivity index (χ2v) is 3.57. The predicted octanol–water partition coefficient (Wildman–Crippen LogP) is 1.36. The first-order valence-electron chi connectivity index (χ1n) is 5.17. The maximum Gasteiger partial charge on any atom is 0.325 e. The van der Waals surface area contributed by atoms with Crippen LogP contribution in [0, 0.1) is 6.92 Å². The molecule has 0 spiro atoms. The Kier molecular flexibility index (Phi) is 4.95.